The van der Waals surface area contributed by atoms with Gasteiger partial charge in [-0.1, -0.05) is 42.5 Å². The van der Waals surface area contributed by atoms with Gasteiger partial charge >= 0.3 is 5.63 Å². The Labute approximate surface area is 150 Å². The maximum absolute atomic E-state index is 11.8. The van der Waals surface area contributed by atoms with Crippen molar-refractivity contribution in [2.75, 3.05) is 0 Å². The van der Waals surface area contributed by atoms with E-state index in [1.54, 1.807) is 18.2 Å². The zero-order chi connectivity index (χ0) is 17.8. The van der Waals surface area contributed by atoms with E-state index in [9.17, 15) is 4.79 Å². The molecule has 5 nitrogen and oxygen atoms in total. The molecule has 0 bridgehead atoms. The highest BCUT2D eigenvalue weighted by Gasteiger charge is 2.20. The normalized spacial score (nSPS) is 13.2. The molecule has 0 fully saturated rings. The number of hydrogen-bond donors (Lipinski definition) is 0. The molecule has 0 aliphatic carbocycles. The van der Waals surface area contributed by atoms with Crippen LogP contribution < -0.4 is 19.8 Å². The molecule has 5 heteroatoms. The Hall–Kier alpha value is -3.47. The van der Waals surface area contributed by atoms with Crippen molar-refractivity contribution in [1.82, 2.24) is 0 Å². The molecule has 1 aliphatic heterocycles. The van der Waals surface area contributed by atoms with E-state index in [-0.39, 0.29) is 0 Å². The summed E-state index contributed by atoms with van der Waals surface area (Å²) < 4.78 is 22.1. The van der Waals surface area contributed by atoms with Gasteiger partial charge in [-0.15, -0.1) is 0 Å². The van der Waals surface area contributed by atoms with Crippen LogP contribution in [0.25, 0.3) is 6.08 Å². The lowest BCUT2D eigenvalue weighted by atomic mass is 10.2. The molecule has 2 heterocycles. The highest BCUT2D eigenvalue weighted by Crippen LogP contribution is 2.34. The van der Waals surface area contributed by atoms with E-state index in [0.29, 0.717) is 29.6 Å². The molecule has 0 unspecified atom stereocenters. The molecule has 2 aromatic carbocycles. The predicted molar refractivity (Wildman–Crippen MR) is 96.3 cm³/mol. The molecule has 26 heavy (non-hydrogen) atoms. The van der Waals surface area contributed by atoms with Crippen LogP contribution in [0.4, 0.5) is 0 Å². The van der Waals surface area contributed by atoms with Gasteiger partial charge in [0.1, 0.15) is 18.1 Å². The van der Waals surface area contributed by atoms with Crippen LogP contribution in [-0.2, 0) is 6.61 Å². The summed E-state index contributed by atoms with van der Waals surface area (Å²) in [7, 11) is 0. The zero-order valence-electron chi connectivity index (χ0n) is 13.8. The van der Waals surface area contributed by atoms with E-state index in [4.69, 9.17) is 18.6 Å². The van der Waals surface area contributed by atoms with Gasteiger partial charge in [-0.25, -0.2) is 4.79 Å². The molecule has 0 radical (unpaired) electrons. The Morgan fingerprint density at radius 2 is 1.62 bits per heavy atom. The minimum atomic E-state index is -0.563. The molecule has 0 spiro atoms. The fraction of sp³-hybridized carbons (Fsp3) is 0.0952. The third kappa shape index (κ3) is 3.78. The largest absolute Gasteiger partial charge is 0.488 e. The standard InChI is InChI=1S/C21H16O5/c22-20-13-17(23-14-15-6-2-1-3-7-15)12-16(24-20)10-11-21-25-18-8-4-5-9-19(18)26-21/h1-13,21H,14H2. The molecule has 130 valence electrons. The summed E-state index contributed by atoms with van der Waals surface area (Å²) in [5, 5.41) is 0. The van der Waals surface area contributed by atoms with E-state index in [1.165, 1.54) is 6.07 Å². The van der Waals surface area contributed by atoms with Gasteiger partial charge in [0.05, 0.1) is 6.07 Å². The van der Waals surface area contributed by atoms with Gasteiger partial charge in [0.15, 0.2) is 11.5 Å². The van der Waals surface area contributed by atoms with Crippen molar-refractivity contribution in [3.63, 3.8) is 0 Å². The monoisotopic (exact) mass is 348 g/mol. The van der Waals surface area contributed by atoms with E-state index < -0.39 is 11.9 Å². The second-order valence-corrected chi connectivity index (χ2v) is 5.70. The van der Waals surface area contributed by atoms with Gasteiger partial charge in [0, 0.05) is 6.07 Å². The second kappa shape index (κ2) is 7.19. The second-order valence-electron chi connectivity index (χ2n) is 5.70. The Bertz CT molecular complexity index is 950. The lowest BCUT2D eigenvalue weighted by Gasteiger charge is -2.06. The lowest BCUT2D eigenvalue weighted by Crippen LogP contribution is -2.13. The first kappa shape index (κ1) is 16.0. The zero-order valence-corrected chi connectivity index (χ0v) is 13.8. The third-order valence-corrected chi connectivity index (χ3v) is 3.76. The molecular formula is C21H16O5. The third-order valence-electron chi connectivity index (χ3n) is 3.76. The topological polar surface area (TPSA) is 57.9 Å². The highest BCUT2D eigenvalue weighted by molar-refractivity contribution is 5.48. The minimum absolute atomic E-state index is 0.365. The molecule has 0 N–H and O–H groups in total. The van der Waals surface area contributed by atoms with Crippen LogP contribution in [0.3, 0.4) is 0 Å². The van der Waals surface area contributed by atoms with Crippen molar-refractivity contribution in [2.24, 2.45) is 0 Å². The van der Waals surface area contributed by atoms with Gasteiger partial charge in [0.2, 0.25) is 0 Å². The molecule has 1 aromatic heterocycles. The van der Waals surface area contributed by atoms with Gasteiger partial charge in [-0.3, -0.25) is 0 Å². The highest BCUT2D eigenvalue weighted by atomic mass is 16.7. The van der Waals surface area contributed by atoms with Crippen LogP contribution in [0.1, 0.15) is 11.3 Å². The van der Waals surface area contributed by atoms with Crippen LogP contribution in [0.5, 0.6) is 17.2 Å². The van der Waals surface area contributed by atoms with Crippen molar-refractivity contribution in [3.8, 4) is 17.2 Å². The number of hydrogen-bond acceptors (Lipinski definition) is 5. The summed E-state index contributed by atoms with van der Waals surface area (Å²) in [5.74, 6) is 2.18. The minimum Gasteiger partial charge on any atom is -0.488 e. The first-order valence-electron chi connectivity index (χ1n) is 8.19. The Kier molecular flexibility index (Phi) is 4.43. The molecule has 1 aliphatic rings. The van der Waals surface area contributed by atoms with Crippen LogP contribution >= 0.6 is 0 Å². The molecular weight excluding hydrogens is 332 g/mol. The maximum atomic E-state index is 11.8. The van der Waals surface area contributed by atoms with Gasteiger partial charge in [0.25, 0.3) is 6.29 Å². The molecule has 0 saturated carbocycles. The fourth-order valence-corrected chi connectivity index (χ4v) is 2.55. The van der Waals surface area contributed by atoms with Crippen LogP contribution in [0.2, 0.25) is 0 Å². The van der Waals surface area contributed by atoms with Crippen molar-refractivity contribution in [2.45, 2.75) is 12.9 Å². The summed E-state index contributed by atoms with van der Waals surface area (Å²) in [6.07, 6.45) is 2.75. The number of para-hydroxylation sites is 2. The number of fused-ring (bicyclic) bond motifs is 1. The van der Waals surface area contributed by atoms with E-state index in [1.807, 2.05) is 54.6 Å². The van der Waals surface area contributed by atoms with Crippen LogP contribution in [0, 0.1) is 0 Å². The first-order chi connectivity index (χ1) is 12.8. The Morgan fingerprint density at radius 1 is 0.923 bits per heavy atom. The smallest absolute Gasteiger partial charge is 0.339 e. The molecule has 0 amide bonds. The van der Waals surface area contributed by atoms with E-state index >= 15 is 0 Å². The van der Waals surface area contributed by atoms with Crippen molar-refractivity contribution < 1.29 is 18.6 Å². The Morgan fingerprint density at radius 3 is 2.35 bits per heavy atom. The summed E-state index contributed by atoms with van der Waals surface area (Å²) in [5.41, 5.74) is 0.537. The molecule has 0 atom stereocenters. The summed E-state index contributed by atoms with van der Waals surface area (Å²) >= 11 is 0. The van der Waals surface area contributed by atoms with Gasteiger partial charge in [-0.2, -0.15) is 0 Å². The molecule has 3 aromatic rings. The number of ether oxygens (including phenoxy) is 3. The molecule has 0 saturated heterocycles. The maximum Gasteiger partial charge on any atom is 0.339 e. The first-order valence-corrected chi connectivity index (χ1v) is 8.19. The Balaban J connectivity index is 1.44. The summed E-state index contributed by atoms with van der Waals surface area (Å²) in [6, 6.07) is 20.1. The quantitative estimate of drug-likeness (QED) is 0.697. The van der Waals surface area contributed by atoms with Crippen LogP contribution in [-0.4, -0.2) is 6.29 Å². The van der Waals surface area contributed by atoms with E-state index in [2.05, 4.69) is 0 Å². The van der Waals surface area contributed by atoms with Crippen molar-refractivity contribution in [1.29, 1.82) is 0 Å². The summed E-state index contributed by atoms with van der Waals surface area (Å²) in [6.45, 7) is 0.373. The average molecular weight is 348 g/mol. The average Bonchev–Trinajstić information content (AvgIpc) is 3.08. The SMILES string of the molecule is O=c1cc(OCc2ccccc2)cc(C=CC2Oc3ccccc3O2)o1. The molecule has 4 rings (SSSR count). The van der Waals surface area contributed by atoms with Crippen LogP contribution in [0.15, 0.2) is 82.0 Å². The van der Waals surface area contributed by atoms with Gasteiger partial charge < -0.3 is 18.6 Å². The predicted octanol–water partition coefficient (Wildman–Crippen LogP) is 4.03. The van der Waals surface area contributed by atoms with E-state index in [0.717, 1.165) is 5.56 Å². The van der Waals surface area contributed by atoms with Gasteiger partial charge in [-0.05, 0) is 29.8 Å². The fourth-order valence-electron chi connectivity index (χ4n) is 2.55. The number of benzene rings is 2. The number of rotatable bonds is 5. The summed E-state index contributed by atoms with van der Waals surface area (Å²) in [4.78, 5) is 11.8. The lowest BCUT2D eigenvalue weighted by molar-refractivity contribution is 0.0958. The van der Waals surface area contributed by atoms with Crippen molar-refractivity contribution in [3.05, 3.63) is 94.5 Å². The van der Waals surface area contributed by atoms with Crippen molar-refractivity contribution >= 4 is 6.08 Å².